The molecule has 0 radical (unpaired) electrons. The summed E-state index contributed by atoms with van der Waals surface area (Å²) in [4.78, 5) is 31.5. The Morgan fingerprint density at radius 2 is 1.64 bits per heavy atom. The molecule has 1 saturated carbocycles. The first-order valence-corrected chi connectivity index (χ1v) is 11.0. The number of hydrogen-bond donors (Lipinski definition) is 1. The summed E-state index contributed by atoms with van der Waals surface area (Å²) in [6, 6.07) is 15.2. The lowest BCUT2D eigenvalue weighted by molar-refractivity contribution is -0.135. The fraction of sp³-hybridized carbons (Fsp3) is 0.320. The van der Waals surface area contributed by atoms with Crippen molar-refractivity contribution in [1.82, 2.24) is 14.5 Å². The number of amides is 2. The van der Waals surface area contributed by atoms with Gasteiger partial charge >= 0.3 is 0 Å². The smallest absolute Gasteiger partial charge is 0.246 e. The van der Waals surface area contributed by atoms with Crippen LogP contribution in [-0.2, 0) is 9.59 Å². The minimum atomic E-state index is -0.273. The summed E-state index contributed by atoms with van der Waals surface area (Å²) in [5.74, 6) is 1.59. The first-order valence-electron chi connectivity index (χ1n) is 11.0. The third-order valence-electron chi connectivity index (χ3n) is 5.62. The lowest BCUT2D eigenvalue weighted by Gasteiger charge is -2.21. The van der Waals surface area contributed by atoms with Gasteiger partial charge in [0.25, 0.3) is 0 Å². The molecule has 0 aliphatic heterocycles. The number of ether oxygens (including phenoxy) is 2. The molecule has 0 unspecified atom stereocenters. The second kappa shape index (κ2) is 9.77. The Balaban J connectivity index is 1.63. The molecule has 8 heteroatoms. The highest BCUT2D eigenvalue weighted by Crippen LogP contribution is 2.29. The largest absolute Gasteiger partial charge is 0.497 e. The maximum absolute atomic E-state index is 12.9. The van der Waals surface area contributed by atoms with Crippen LogP contribution in [-0.4, -0.2) is 53.1 Å². The number of rotatable bonds is 9. The number of benzene rings is 2. The van der Waals surface area contributed by atoms with Crippen molar-refractivity contribution in [2.24, 2.45) is 0 Å². The molecule has 1 aliphatic carbocycles. The minimum Gasteiger partial charge on any atom is -0.497 e. The fourth-order valence-electron chi connectivity index (χ4n) is 3.64. The van der Waals surface area contributed by atoms with E-state index in [-0.39, 0.29) is 24.4 Å². The molecule has 4 rings (SSSR count). The van der Waals surface area contributed by atoms with Gasteiger partial charge in [-0.1, -0.05) is 6.92 Å². The molecule has 1 aromatic heterocycles. The number of aromatic nitrogens is 2. The predicted octanol–water partition coefficient (Wildman–Crippen LogP) is 3.90. The van der Waals surface area contributed by atoms with Crippen LogP contribution in [0.25, 0.3) is 16.9 Å². The first kappa shape index (κ1) is 22.4. The number of hydrogen-bond acceptors (Lipinski definition) is 5. The topological polar surface area (TPSA) is 85.7 Å². The van der Waals surface area contributed by atoms with Crippen LogP contribution in [0.4, 0.5) is 5.95 Å². The van der Waals surface area contributed by atoms with E-state index in [9.17, 15) is 9.59 Å². The number of carbonyl (C=O) groups is 2. The quantitative estimate of drug-likeness (QED) is 0.537. The van der Waals surface area contributed by atoms with Crippen molar-refractivity contribution >= 4 is 17.8 Å². The number of nitrogens with one attached hydrogen (secondary N) is 1. The summed E-state index contributed by atoms with van der Waals surface area (Å²) in [5.41, 5.74) is 2.41. The Bertz CT molecular complexity index is 1120. The van der Waals surface area contributed by atoms with Crippen LogP contribution >= 0.6 is 0 Å². The van der Waals surface area contributed by atoms with Crippen molar-refractivity contribution < 1.29 is 19.1 Å². The van der Waals surface area contributed by atoms with E-state index in [1.54, 1.807) is 19.1 Å². The van der Waals surface area contributed by atoms with Gasteiger partial charge in [-0.15, -0.1) is 0 Å². The molecular weight excluding hydrogens is 420 g/mol. The first-order chi connectivity index (χ1) is 16.0. The second-order valence-electron chi connectivity index (χ2n) is 7.90. The Labute approximate surface area is 193 Å². The summed E-state index contributed by atoms with van der Waals surface area (Å²) in [6.07, 6.45) is 4.14. The highest BCUT2D eigenvalue weighted by Gasteiger charge is 2.33. The maximum Gasteiger partial charge on any atom is 0.246 e. The summed E-state index contributed by atoms with van der Waals surface area (Å²) in [7, 11) is 3.23. The maximum atomic E-state index is 12.9. The lowest BCUT2D eigenvalue weighted by atomic mass is 10.1. The van der Waals surface area contributed by atoms with E-state index in [1.807, 2.05) is 66.2 Å². The van der Waals surface area contributed by atoms with Gasteiger partial charge in [-0.25, -0.2) is 4.98 Å². The van der Waals surface area contributed by atoms with Crippen molar-refractivity contribution in [2.75, 3.05) is 26.1 Å². The van der Waals surface area contributed by atoms with Crippen molar-refractivity contribution in [1.29, 1.82) is 0 Å². The molecule has 8 nitrogen and oxygen atoms in total. The standard InChI is InChI=1S/C25H28N4O4/c1-4-24(31)28(18-7-8-18)16-23(30)27-25-26-22(17-5-11-20(32-2)12-6-17)15-29(25)19-9-13-21(33-3)14-10-19/h5-6,9-15,18H,4,7-8,16H2,1-3H3,(H,26,27,30). The molecule has 1 heterocycles. The monoisotopic (exact) mass is 448 g/mol. The highest BCUT2D eigenvalue weighted by atomic mass is 16.5. The average molecular weight is 449 g/mol. The SMILES string of the molecule is CCC(=O)N(CC(=O)Nc1nc(-c2ccc(OC)cc2)cn1-c1ccc(OC)cc1)C1CC1. The van der Waals surface area contributed by atoms with Gasteiger partial charge in [0, 0.05) is 29.9 Å². The summed E-state index contributed by atoms with van der Waals surface area (Å²) >= 11 is 0. The molecule has 172 valence electrons. The normalized spacial score (nSPS) is 12.8. The van der Waals surface area contributed by atoms with E-state index in [4.69, 9.17) is 9.47 Å². The van der Waals surface area contributed by atoms with E-state index >= 15 is 0 Å². The zero-order valence-corrected chi connectivity index (χ0v) is 19.1. The number of imidazole rings is 1. The van der Waals surface area contributed by atoms with Gasteiger partial charge in [-0.05, 0) is 61.4 Å². The molecule has 0 spiro atoms. The number of methoxy groups -OCH3 is 2. The molecular formula is C25H28N4O4. The molecule has 2 amide bonds. The number of anilines is 1. The molecule has 2 aromatic carbocycles. The third-order valence-corrected chi connectivity index (χ3v) is 5.62. The van der Waals surface area contributed by atoms with Crippen molar-refractivity contribution in [3.05, 3.63) is 54.7 Å². The Morgan fingerprint density at radius 1 is 1.03 bits per heavy atom. The molecule has 1 N–H and O–H groups in total. The van der Waals surface area contributed by atoms with Gasteiger partial charge in [0.2, 0.25) is 17.8 Å². The van der Waals surface area contributed by atoms with Crippen molar-refractivity contribution in [3.63, 3.8) is 0 Å². The Hall–Kier alpha value is -3.81. The molecule has 3 aromatic rings. The summed E-state index contributed by atoms with van der Waals surface area (Å²) in [5, 5.41) is 2.91. The number of carbonyl (C=O) groups excluding carboxylic acids is 2. The van der Waals surface area contributed by atoms with E-state index in [2.05, 4.69) is 10.3 Å². The van der Waals surface area contributed by atoms with Crippen LogP contribution in [0, 0.1) is 0 Å². The number of nitrogens with zero attached hydrogens (tertiary/aromatic N) is 3. The van der Waals surface area contributed by atoms with E-state index in [0.29, 0.717) is 18.1 Å². The van der Waals surface area contributed by atoms with Gasteiger partial charge in [-0.3, -0.25) is 19.5 Å². The molecule has 1 aliphatic rings. The van der Waals surface area contributed by atoms with E-state index < -0.39 is 0 Å². The molecule has 0 bridgehead atoms. The second-order valence-corrected chi connectivity index (χ2v) is 7.90. The Morgan fingerprint density at radius 3 is 2.18 bits per heavy atom. The molecule has 0 atom stereocenters. The van der Waals surface area contributed by atoms with E-state index in [0.717, 1.165) is 35.6 Å². The summed E-state index contributed by atoms with van der Waals surface area (Å²) < 4.78 is 12.3. The lowest BCUT2D eigenvalue weighted by Crippen LogP contribution is -2.39. The van der Waals surface area contributed by atoms with Crippen LogP contribution in [0.3, 0.4) is 0 Å². The zero-order chi connectivity index (χ0) is 23.4. The third kappa shape index (κ3) is 5.16. The molecule has 33 heavy (non-hydrogen) atoms. The van der Waals surface area contributed by atoms with Gasteiger partial charge in [0.05, 0.1) is 19.9 Å². The predicted molar refractivity (Wildman–Crippen MR) is 126 cm³/mol. The van der Waals surface area contributed by atoms with Crippen LogP contribution in [0.5, 0.6) is 11.5 Å². The van der Waals surface area contributed by atoms with Crippen LogP contribution in [0.15, 0.2) is 54.7 Å². The molecule has 0 saturated heterocycles. The van der Waals surface area contributed by atoms with Crippen LogP contribution < -0.4 is 14.8 Å². The van der Waals surface area contributed by atoms with Gasteiger partial charge in [0.1, 0.15) is 18.0 Å². The molecule has 1 fully saturated rings. The Kier molecular flexibility index (Phi) is 6.63. The van der Waals surface area contributed by atoms with Gasteiger partial charge in [-0.2, -0.15) is 0 Å². The highest BCUT2D eigenvalue weighted by molar-refractivity contribution is 5.94. The fourth-order valence-corrected chi connectivity index (χ4v) is 3.64. The van der Waals surface area contributed by atoms with Gasteiger partial charge in [0.15, 0.2) is 0 Å². The summed E-state index contributed by atoms with van der Waals surface area (Å²) in [6.45, 7) is 1.83. The van der Waals surface area contributed by atoms with Crippen molar-refractivity contribution in [3.8, 4) is 28.4 Å². The zero-order valence-electron chi connectivity index (χ0n) is 19.1. The van der Waals surface area contributed by atoms with Crippen LogP contribution in [0.1, 0.15) is 26.2 Å². The average Bonchev–Trinajstić information content (AvgIpc) is 3.62. The minimum absolute atomic E-state index is 0.00920. The van der Waals surface area contributed by atoms with Crippen molar-refractivity contribution in [2.45, 2.75) is 32.2 Å². The van der Waals surface area contributed by atoms with Gasteiger partial charge < -0.3 is 14.4 Å². The van der Waals surface area contributed by atoms with Crippen LogP contribution in [0.2, 0.25) is 0 Å². The van der Waals surface area contributed by atoms with E-state index in [1.165, 1.54) is 0 Å².